The third kappa shape index (κ3) is 15.9. The molecule has 2 nitrogen and oxygen atoms in total. The van der Waals surface area contributed by atoms with Gasteiger partial charge < -0.3 is 10.2 Å². The second kappa shape index (κ2) is 18.6. The van der Waals surface area contributed by atoms with Gasteiger partial charge in [0.1, 0.15) is 0 Å². The van der Waals surface area contributed by atoms with Crippen molar-refractivity contribution in [1.82, 2.24) is 0 Å². The minimum atomic E-state index is -0.803. The van der Waals surface area contributed by atoms with Crippen molar-refractivity contribution in [3.05, 3.63) is 131 Å². The standard InChI is InChI=1S/C40H58O2/c1-31(2)17-13-20-34(5)23-15-25-35(6)24-14-21-32(3)18-11-12-19-33(4)22-16-26-36(7)27-28-38-37(39(8,9)41)29-30-40(38,10)42/h11-12,14-19,21-28,37-38,41-42H,13,20,29-30H2,1-10H3/t37?,38-,40-/m0/s1. The van der Waals surface area contributed by atoms with E-state index in [4.69, 9.17) is 0 Å². The second-order valence-corrected chi connectivity index (χ2v) is 13.0. The molecular formula is C40H58O2. The Hall–Kier alpha value is -2.94. The van der Waals surface area contributed by atoms with Crippen LogP contribution in [-0.4, -0.2) is 21.4 Å². The van der Waals surface area contributed by atoms with E-state index in [1.807, 2.05) is 26.8 Å². The molecule has 1 fully saturated rings. The maximum Gasteiger partial charge on any atom is 0.0686 e. The normalized spacial score (nSPS) is 24.0. The van der Waals surface area contributed by atoms with Crippen molar-refractivity contribution in [2.24, 2.45) is 11.8 Å². The average molecular weight is 571 g/mol. The van der Waals surface area contributed by atoms with Gasteiger partial charge in [-0.1, -0.05) is 131 Å². The average Bonchev–Trinajstić information content (AvgIpc) is 3.19. The lowest BCUT2D eigenvalue weighted by Crippen LogP contribution is -2.39. The first-order chi connectivity index (χ1) is 19.6. The Kier molecular flexibility index (Phi) is 16.4. The van der Waals surface area contributed by atoms with E-state index in [2.05, 4.69) is 140 Å². The molecule has 2 heteroatoms. The molecule has 1 unspecified atom stereocenters. The van der Waals surface area contributed by atoms with Crippen LogP contribution in [-0.2, 0) is 0 Å². The van der Waals surface area contributed by atoms with Crippen molar-refractivity contribution in [2.75, 3.05) is 0 Å². The molecule has 0 spiro atoms. The van der Waals surface area contributed by atoms with Crippen LogP contribution in [0.3, 0.4) is 0 Å². The third-order valence-corrected chi connectivity index (χ3v) is 7.68. The predicted molar refractivity (Wildman–Crippen MR) is 186 cm³/mol. The van der Waals surface area contributed by atoms with Gasteiger partial charge in [-0.15, -0.1) is 0 Å². The Morgan fingerprint density at radius 3 is 1.64 bits per heavy atom. The fraction of sp³-hybridized carbons (Fsp3) is 0.450. The Morgan fingerprint density at radius 1 is 0.714 bits per heavy atom. The molecule has 0 amide bonds. The van der Waals surface area contributed by atoms with Crippen LogP contribution in [0.25, 0.3) is 0 Å². The Bertz CT molecular complexity index is 1190. The molecule has 0 aromatic heterocycles. The van der Waals surface area contributed by atoms with Crippen molar-refractivity contribution in [2.45, 2.75) is 106 Å². The Labute approximate surface area is 258 Å². The topological polar surface area (TPSA) is 40.5 Å². The maximum absolute atomic E-state index is 10.8. The summed E-state index contributed by atoms with van der Waals surface area (Å²) >= 11 is 0. The van der Waals surface area contributed by atoms with Crippen LogP contribution in [0.5, 0.6) is 0 Å². The summed E-state index contributed by atoms with van der Waals surface area (Å²) in [7, 11) is 0. The predicted octanol–water partition coefficient (Wildman–Crippen LogP) is 10.8. The summed E-state index contributed by atoms with van der Waals surface area (Å²) in [5.74, 6) is -0.00110. The van der Waals surface area contributed by atoms with Crippen LogP contribution >= 0.6 is 0 Å². The van der Waals surface area contributed by atoms with Gasteiger partial charge in [-0.3, -0.25) is 0 Å². The van der Waals surface area contributed by atoms with Gasteiger partial charge in [-0.2, -0.15) is 0 Å². The lowest BCUT2D eigenvalue weighted by atomic mass is 9.78. The fourth-order valence-corrected chi connectivity index (χ4v) is 4.99. The molecule has 0 aliphatic heterocycles. The molecule has 0 aromatic carbocycles. The molecule has 1 saturated carbocycles. The summed E-state index contributed by atoms with van der Waals surface area (Å²) in [5.41, 5.74) is 5.88. The summed E-state index contributed by atoms with van der Waals surface area (Å²) in [6.45, 7) is 20.4. The van der Waals surface area contributed by atoms with Crippen LogP contribution in [0.2, 0.25) is 0 Å². The van der Waals surface area contributed by atoms with E-state index < -0.39 is 11.2 Å². The highest BCUT2D eigenvalue weighted by Gasteiger charge is 2.47. The summed E-state index contributed by atoms with van der Waals surface area (Å²) in [6, 6.07) is 0. The van der Waals surface area contributed by atoms with E-state index in [9.17, 15) is 10.2 Å². The summed E-state index contributed by atoms with van der Waals surface area (Å²) in [4.78, 5) is 0. The van der Waals surface area contributed by atoms with Gasteiger partial charge in [0, 0.05) is 5.92 Å². The van der Waals surface area contributed by atoms with Crippen molar-refractivity contribution in [1.29, 1.82) is 0 Å². The van der Waals surface area contributed by atoms with Gasteiger partial charge in [-0.05, 0) is 101 Å². The van der Waals surface area contributed by atoms with Crippen molar-refractivity contribution in [3.63, 3.8) is 0 Å². The van der Waals surface area contributed by atoms with E-state index >= 15 is 0 Å². The molecular weight excluding hydrogens is 512 g/mol. The highest BCUT2D eigenvalue weighted by atomic mass is 16.3. The molecule has 2 N–H and O–H groups in total. The van der Waals surface area contributed by atoms with Crippen LogP contribution in [0, 0.1) is 11.8 Å². The number of allylic oxidation sites excluding steroid dienone is 21. The van der Waals surface area contributed by atoms with Crippen molar-refractivity contribution in [3.8, 4) is 0 Å². The van der Waals surface area contributed by atoms with Gasteiger partial charge in [0.25, 0.3) is 0 Å². The monoisotopic (exact) mass is 570 g/mol. The van der Waals surface area contributed by atoms with E-state index in [1.54, 1.807) is 0 Å². The zero-order valence-corrected chi connectivity index (χ0v) is 28.1. The number of aliphatic hydroxyl groups is 2. The largest absolute Gasteiger partial charge is 0.390 e. The lowest BCUT2D eigenvalue weighted by Gasteiger charge is -2.33. The quantitative estimate of drug-likeness (QED) is 0.161. The smallest absolute Gasteiger partial charge is 0.0686 e. The van der Waals surface area contributed by atoms with Gasteiger partial charge in [0.2, 0.25) is 0 Å². The first-order valence-electron chi connectivity index (χ1n) is 15.4. The molecule has 0 bridgehead atoms. The zero-order valence-electron chi connectivity index (χ0n) is 28.1. The summed E-state index contributed by atoms with van der Waals surface area (Å²) < 4.78 is 0. The molecule has 1 rings (SSSR count). The van der Waals surface area contributed by atoms with Gasteiger partial charge in [0.05, 0.1) is 11.2 Å². The van der Waals surface area contributed by atoms with Crippen LogP contribution in [0.4, 0.5) is 0 Å². The summed E-state index contributed by atoms with van der Waals surface area (Å²) in [6.07, 6.45) is 37.5. The van der Waals surface area contributed by atoms with Gasteiger partial charge >= 0.3 is 0 Å². The highest BCUT2D eigenvalue weighted by molar-refractivity contribution is 5.32. The zero-order chi connectivity index (χ0) is 31.8. The minimum absolute atomic E-state index is 0.0552. The molecule has 42 heavy (non-hydrogen) atoms. The molecule has 0 saturated heterocycles. The fourth-order valence-electron chi connectivity index (χ4n) is 4.99. The van der Waals surface area contributed by atoms with E-state index in [0.717, 1.165) is 30.4 Å². The second-order valence-electron chi connectivity index (χ2n) is 13.0. The third-order valence-electron chi connectivity index (χ3n) is 7.68. The van der Waals surface area contributed by atoms with Crippen molar-refractivity contribution >= 4 is 0 Å². The highest BCUT2D eigenvalue weighted by Crippen LogP contribution is 2.46. The molecule has 1 aliphatic rings. The molecule has 230 valence electrons. The molecule has 3 atom stereocenters. The molecule has 0 radical (unpaired) electrons. The number of rotatable bonds is 14. The van der Waals surface area contributed by atoms with Crippen molar-refractivity contribution < 1.29 is 10.2 Å². The first-order valence-corrected chi connectivity index (χ1v) is 15.4. The van der Waals surface area contributed by atoms with Gasteiger partial charge in [-0.25, -0.2) is 0 Å². The van der Waals surface area contributed by atoms with Crippen LogP contribution in [0.15, 0.2) is 131 Å². The number of hydrogen-bond acceptors (Lipinski definition) is 2. The Balaban J connectivity index is 2.61. The van der Waals surface area contributed by atoms with E-state index in [1.165, 1.54) is 22.3 Å². The number of hydrogen-bond donors (Lipinski definition) is 2. The van der Waals surface area contributed by atoms with Gasteiger partial charge in [0.15, 0.2) is 0 Å². The first kappa shape index (κ1) is 37.1. The van der Waals surface area contributed by atoms with Crippen LogP contribution < -0.4 is 0 Å². The molecule has 1 aliphatic carbocycles. The SMILES string of the molecule is CC(C)=CCCC(C)=CC=CC(C)=CC=CC(C)=CC=CC=C(C)C=CC=C(C)C=C[C@H]1C(C(C)(C)O)CC[C@]1(C)O. The summed E-state index contributed by atoms with van der Waals surface area (Å²) in [5, 5.41) is 21.3. The van der Waals surface area contributed by atoms with E-state index in [0.29, 0.717) is 6.42 Å². The van der Waals surface area contributed by atoms with Crippen LogP contribution in [0.1, 0.15) is 94.9 Å². The minimum Gasteiger partial charge on any atom is -0.390 e. The molecule has 0 heterocycles. The maximum atomic E-state index is 10.8. The molecule has 0 aromatic rings. The lowest BCUT2D eigenvalue weighted by molar-refractivity contribution is -0.0294. The Morgan fingerprint density at radius 2 is 1.17 bits per heavy atom. The van der Waals surface area contributed by atoms with E-state index in [-0.39, 0.29) is 11.8 Å².